The van der Waals surface area contributed by atoms with Crippen molar-refractivity contribution in [2.75, 3.05) is 6.54 Å². The summed E-state index contributed by atoms with van der Waals surface area (Å²) < 4.78 is 21.5. The Kier molecular flexibility index (Phi) is 4.55. The van der Waals surface area contributed by atoms with E-state index in [1.807, 2.05) is 6.92 Å². The van der Waals surface area contributed by atoms with Gasteiger partial charge in [-0.05, 0) is 19.3 Å². The number of hydrogen-bond donors (Lipinski definition) is 2. The van der Waals surface area contributed by atoms with E-state index in [2.05, 4.69) is 15.2 Å². The maximum atomic E-state index is 12.5. The van der Waals surface area contributed by atoms with E-state index in [9.17, 15) is 18.0 Å². The van der Waals surface area contributed by atoms with Gasteiger partial charge in [0.1, 0.15) is 5.82 Å². The molecule has 0 spiro atoms. The molecule has 122 valence electrons. The van der Waals surface area contributed by atoms with E-state index in [0.717, 1.165) is 6.42 Å². The molecule has 1 atom stereocenters. The number of likely N-dealkylation sites (tertiary alicyclic amines) is 1. The molecule has 1 fully saturated rings. The molecule has 0 radical (unpaired) electrons. The van der Waals surface area contributed by atoms with Crippen molar-refractivity contribution in [3.63, 3.8) is 0 Å². The lowest BCUT2D eigenvalue weighted by Gasteiger charge is -2.27. The van der Waals surface area contributed by atoms with Crippen LogP contribution in [-0.2, 0) is 19.9 Å². The zero-order valence-electron chi connectivity index (χ0n) is 12.8. The molecule has 1 aliphatic rings. The molecule has 0 bridgehead atoms. The highest BCUT2D eigenvalue weighted by molar-refractivity contribution is 7.63. The van der Waals surface area contributed by atoms with Crippen molar-refractivity contribution in [3.8, 4) is 0 Å². The van der Waals surface area contributed by atoms with Crippen molar-refractivity contribution < 1.29 is 18.0 Å². The van der Waals surface area contributed by atoms with Crippen molar-refractivity contribution in [3.05, 3.63) is 10.6 Å². The molecule has 1 amide bonds. The molecule has 1 aliphatic heterocycles. The molecule has 1 aromatic heterocycles. The highest BCUT2D eigenvalue weighted by Crippen LogP contribution is 2.32. The van der Waals surface area contributed by atoms with Gasteiger partial charge in [0.05, 0.1) is 6.04 Å². The third-order valence-corrected chi connectivity index (χ3v) is 4.71. The number of ketones is 1. The second-order valence-corrected chi connectivity index (χ2v) is 6.87. The Morgan fingerprint density at radius 3 is 2.59 bits per heavy atom. The van der Waals surface area contributed by atoms with Crippen LogP contribution in [0.1, 0.15) is 51.9 Å². The van der Waals surface area contributed by atoms with E-state index in [1.165, 1.54) is 4.90 Å². The highest BCUT2D eigenvalue weighted by atomic mass is 32.2. The van der Waals surface area contributed by atoms with E-state index >= 15 is 0 Å². The number of nitrogens with one attached hydrogen (secondary N) is 2. The predicted molar refractivity (Wildman–Crippen MR) is 77.9 cm³/mol. The number of aromatic nitrogens is 3. The number of H-pyrrole nitrogens is 2. The van der Waals surface area contributed by atoms with Gasteiger partial charge in [-0.15, -0.1) is 0 Å². The molecule has 0 aromatic carbocycles. The summed E-state index contributed by atoms with van der Waals surface area (Å²) in [6.45, 7) is 5.82. The van der Waals surface area contributed by atoms with Crippen molar-refractivity contribution >= 4 is 22.0 Å². The Balaban J connectivity index is 2.29. The third kappa shape index (κ3) is 2.99. The van der Waals surface area contributed by atoms with Crippen LogP contribution in [0.5, 0.6) is 0 Å². The topological polar surface area (TPSA) is 116 Å². The van der Waals surface area contributed by atoms with Crippen molar-refractivity contribution in [1.29, 1.82) is 0 Å². The fourth-order valence-electron chi connectivity index (χ4n) is 2.39. The second-order valence-electron chi connectivity index (χ2n) is 6.01. The summed E-state index contributed by atoms with van der Waals surface area (Å²) in [5.41, 5.74) is -0.707. The van der Waals surface area contributed by atoms with Crippen LogP contribution in [0, 0.1) is 10.2 Å². The zero-order chi connectivity index (χ0) is 16.5. The molecular formula is C13H20N4O4S. The first-order chi connectivity index (χ1) is 10.3. The molecule has 2 N–H and O–H groups in total. The average molecular weight is 328 g/mol. The Morgan fingerprint density at radius 1 is 1.36 bits per heavy atom. The Bertz CT molecular complexity index is 751. The molecular weight excluding hydrogens is 308 g/mol. The molecule has 1 saturated heterocycles. The van der Waals surface area contributed by atoms with Crippen LogP contribution in [0.25, 0.3) is 0 Å². The molecule has 2 heterocycles. The lowest BCUT2D eigenvalue weighted by Crippen LogP contribution is -2.42. The summed E-state index contributed by atoms with van der Waals surface area (Å²) in [4.78, 5) is 30.2. The van der Waals surface area contributed by atoms with Crippen LogP contribution in [-0.4, -0.2) is 46.7 Å². The highest BCUT2D eigenvalue weighted by Gasteiger charge is 2.40. The minimum atomic E-state index is -2.47. The summed E-state index contributed by atoms with van der Waals surface area (Å²) in [6.07, 6.45) is 1.95. The summed E-state index contributed by atoms with van der Waals surface area (Å²) in [5.74, 6) is -0.604. The first-order valence-corrected chi connectivity index (χ1v) is 8.27. The molecule has 9 heteroatoms. The van der Waals surface area contributed by atoms with Gasteiger partial charge in [0.2, 0.25) is 5.78 Å². The predicted octanol–water partition coefficient (Wildman–Crippen LogP) is 0.818. The Morgan fingerprint density at radius 2 is 2.05 bits per heavy atom. The summed E-state index contributed by atoms with van der Waals surface area (Å²) >= 11 is 0. The van der Waals surface area contributed by atoms with Gasteiger partial charge in [-0.3, -0.25) is 19.8 Å². The van der Waals surface area contributed by atoms with Crippen LogP contribution in [0.2, 0.25) is 0 Å². The van der Waals surface area contributed by atoms with E-state index in [4.69, 9.17) is 0 Å². The lowest BCUT2D eigenvalue weighted by atomic mass is 9.84. The van der Waals surface area contributed by atoms with E-state index in [1.54, 1.807) is 13.8 Å². The van der Waals surface area contributed by atoms with Crippen LogP contribution in [0.4, 0.5) is 0 Å². The average Bonchev–Trinajstić information content (AvgIpc) is 3.13. The van der Waals surface area contributed by atoms with Gasteiger partial charge in [0.15, 0.2) is 0 Å². The SMILES string of the molecule is CCC(C)(C)C(=O)C(=O)N1CCC[C@H]1c1nc(=S(=O)=O)[nH][nH]1. The minimum absolute atomic E-state index is 0.213. The molecule has 22 heavy (non-hydrogen) atoms. The Labute approximate surface area is 129 Å². The maximum absolute atomic E-state index is 12.5. The van der Waals surface area contributed by atoms with Crippen LogP contribution < -0.4 is 0 Å². The molecule has 8 nitrogen and oxygen atoms in total. The van der Waals surface area contributed by atoms with E-state index in [0.29, 0.717) is 25.2 Å². The molecule has 0 aliphatic carbocycles. The standard InChI is InChI=1S/C13H20N4O4S/c1-4-13(2,3)9(18)11(19)17-7-5-6-8(17)10-14-12(16-15-10)22(20)21/h8,16H,4-7H2,1-3H3,(H,14,15)/t8-/m0/s1. The number of aromatic amines is 2. The molecule has 0 saturated carbocycles. The quantitative estimate of drug-likeness (QED) is 0.627. The number of Topliss-reactive ketones (excluding diaryl/α,β-unsaturated/α-hetero) is 1. The van der Waals surface area contributed by atoms with Gasteiger partial charge >= 0.3 is 0 Å². The van der Waals surface area contributed by atoms with Crippen molar-refractivity contribution in [2.45, 2.75) is 46.1 Å². The number of rotatable bonds is 4. The third-order valence-electron chi connectivity index (χ3n) is 4.20. The van der Waals surface area contributed by atoms with Crippen molar-refractivity contribution in [2.24, 2.45) is 5.41 Å². The largest absolute Gasteiger partial charge is 0.326 e. The number of amides is 1. The van der Waals surface area contributed by atoms with Crippen LogP contribution >= 0.6 is 0 Å². The maximum Gasteiger partial charge on any atom is 0.291 e. The molecule has 2 rings (SSSR count). The summed E-state index contributed by atoms with van der Waals surface area (Å²) in [7, 11) is -2.47. The smallest absolute Gasteiger partial charge is 0.291 e. The first kappa shape index (κ1) is 16.5. The van der Waals surface area contributed by atoms with Crippen LogP contribution in [0.3, 0.4) is 0 Å². The van der Waals surface area contributed by atoms with E-state index in [-0.39, 0.29) is 4.77 Å². The van der Waals surface area contributed by atoms with Gasteiger partial charge in [-0.25, -0.2) is 0 Å². The molecule has 0 unspecified atom stereocenters. The number of carbonyl (C=O) groups excluding carboxylic acids is 2. The zero-order valence-corrected chi connectivity index (χ0v) is 13.7. The number of carbonyl (C=O) groups is 2. The molecule has 1 aromatic rings. The van der Waals surface area contributed by atoms with Gasteiger partial charge in [0.25, 0.3) is 21.0 Å². The normalized spacial score (nSPS) is 18.5. The first-order valence-electron chi connectivity index (χ1n) is 7.20. The van der Waals surface area contributed by atoms with Crippen molar-refractivity contribution in [1.82, 2.24) is 20.1 Å². The monoisotopic (exact) mass is 328 g/mol. The second kappa shape index (κ2) is 6.07. The van der Waals surface area contributed by atoms with Gasteiger partial charge in [0, 0.05) is 12.0 Å². The van der Waals surface area contributed by atoms with Gasteiger partial charge in [-0.1, -0.05) is 20.8 Å². The lowest BCUT2D eigenvalue weighted by molar-refractivity contribution is -0.150. The summed E-state index contributed by atoms with van der Waals surface area (Å²) in [5, 5.41) is 5.11. The van der Waals surface area contributed by atoms with Gasteiger partial charge in [-0.2, -0.15) is 13.4 Å². The number of nitrogens with zero attached hydrogens (tertiary/aromatic N) is 2. The van der Waals surface area contributed by atoms with Crippen LogP contribution in [0.15, 0.2) is 0 Å². The fraction of sp³-hybridized carbons (Fsp3) is 0.692. The Hall–Kier alpha value is -1.90. The van der Waals surface area contributed by atoms with E-state index < -0.39 is 33.4 Å². The summed E-state index contributed by atoms with van der Waals surface area (Å²) in [6, 6.07) is -0.405. The fourth-order valence-corrected chi connectivity index (χ4v) is 2.70. The number of hydrogen-bond acceptors (Lipinski definition) is 5. The minimum Gasteiger partial charge on any atom is -0.326 e. The van der Waals surface area contributed by atoms with Gasteiger partial charge < -0.3 is 4.90 Å².